The summed E-state index contributed by atoms with van der Waals surface area (Å²) in [7, 11) is 1.86. The summed E-state index contributed by atoms with van der Waals surface area (Å²) >= 11 is 0. The average molecular weight is 384 g/mol. The molecule has 0 aliphatic heterocycles. The third-order valence-electron chi connectivity index (χ3n) is 4.02. The van der Waals surface area contributed by atoms with E-state index in [0.29, 0.717) is 0 Å². The Morgan fingerprint density at radius 2 is 1.88 bits per heavy atom. The second-order valence-corrected chi connectivity index (χ2v) is 5.92. The number of rotatable bonds is 8. The van der Waals surface area contributed by atoms with Crippen molar-refractivity contribution in [2.45, 2.75) is 31.3 Å². The van der Waals surface area contributed by atoms with Gasteiger partial charge in [-0.3, -0.25) is 9.59 Å². The summed E-state index contributed by atoms with van der Waals surface area (Å²) in [6.07, 6.45) is 1.63. The van der Waals surface area contributed by atoms with Gasteiger partial charge in [-0.05, 0) is 18.1 Å². The molecular formula is C17H22ClN3O5. The lowest BCUT2D eigenvalue weighted by atomic mass is 10.0. The van der Waals surface area contributed by atoms with Gasteiger partial charge in [-0.25, -0.2) is 4.79 Å². The lowest BCUT2D eigenvalue weighted by Gasteiger charge is -2.17. The highest BCUT2D eigenvalue weighted by Gasteiger charge is 2.25. The standard InChI is InChI=1S/C17H21N3O5.ClH/c1-20-9-10(11-4-2-3-5-14(11)20)8-13(17(24)25)19-16(23)12(18)6-7-15(21)22;/h2-5,9,12-13H,6-8,18H2,1H3,(H,19,23)(H,21,22)(H,24,25);1H/t12-,13+;/m0./s1. The molecule has 2 rings (SSSR count). The van der Waals surface area contributed by atoms with E-state index in [4.69, 9.17) is 10.8 Å². The molecule has 1 amide bonds. The molecule has 1 heterocycles. The Balaban J connectivity index is 0.00000338. The van der Waals surface area contributed by atoms with E-state index in [9.17, 15) is 19.5 Å². The van der Waals surface area contributed by atoms with Crippen LogP contribution < -0.4 is 11.1 Å². The van der Waals surface area contributed by atoms with Crippen LogP contribution in [-0.2, 0) is 27.9 Å². The number of halogens is 1. The Morgan fingerprint density at radius 1 is 1.23 bits per heavy atom. The van der Waals surface area contributed by atoms with Gasteiger partial charge in [0, 0.05) is 37.0 Å². The number of carbonyl (C=O) groups excluding carboxylic acids is 1. The number of carbonyl (C=O) groups is 3. The molecule has 0 fully saturated rings. The Labute approximate surface area is 156 Å². The number of nitrogens with two attached hydrogens (primary N) is 1. The maximum atomic E-state index is 12.0. The van der Waals surface area contributed by atoms with Crippen LogP contribution >= 0.6 is 12.4 Å². The molecule has 1 aromatic heterocycles. The van der Waals surface area contributed by atoms with Crippen molar-refractivity contribution in [3.63, 3.8) is 0 Å². The zero-order chi connectivity index (χ0) is 18.6. The minimum atomic E-state index is -1.17. The van der Waals surface area contributed by atoms with Crippen LogP contribution in [0, 0.1) is 0 Å². The van der Waals surface area contributed by atoms with Crippen LogP contribution in [-0.4, -0.2) is 44.7 Å². The van der Waals surface area contributed by atoms with Gasteiger partial charge in [0.2, 0.25) is 5.91 Å². The van der Waals surface area contributed by atoms with Crippen LogP contribution in [0.2, 0.25) is 0 Å². The summed E-state index contributed by atoms with van der Waals surface area (Å²) in [6, 6.07) is 5.37. The van der Waals surface area contributed by atoms with Gasteiger partial charge in [0.05, 0.1) is 6.04 Å². The highest BCUT2D eigenvalue weighted by atomic mass is 35.5. The number of carboxylic acid groups (broad SMARTS) is 2. The van der Waals surface area contributed by atoms with Gasteiger partial charge in [0.15, 0.2) is 0 Å². The average Bonchev–Trinajstić information content (AvgIpc) is 2.88. The molecule has 0 radical (unpaired) electrons. The van der Waals surface area contributed by atoms with Gasteiger partial charge in [0.25, 0.3) is 0 Å². The molecule has 2 atom stereocenters. The van der Waals surface area contributed by atoms with Gasteiger partial charge in [-0.15, -0.1) is 12.4 Å². The van der Waals surface area contributed by atoms with Crippen molar-refractivity contribution < 1.29 is 24.6 Å². The molecule has 0 saturated heterocycles. The second-order valence-electron chi connectivity index (χ2n) is 5.92. The summed E-state index contributed by atoms with van der Waals surface area (Å²) < 4.78 is 1.89. The van der Waals surface area contributed by atoms with Crippen molar-refractivity contribution in [2.75, 3.05) is 0 Å². The fourth-order valence-corrected chi connectivity index (χ4v) is 2.70. The first-order valence-corrected chi connectivity index (χ1v) is 7.83. The third-order valence-corrected chi connectivity index (χ3v) is 4.02. The fraction of sp³-hybridized carbons (Fsp3) is 0.353. The molecule has 26 heavy (non-hydrogen) atoms. The Morgan fingerprint density at radius 3 is 2.50 bits per heavy atom. The highest BCUT2D eigenvalue weighted by Crippen LogP contribution is 2.21. The maximum Gasteiger partial charge on any atom is 0.326 e. The number of amides is 1. The van der Waals surface area contributed by atoms with Crippen molar-refractivity contribution in [3.8, 4) is 0 Å². The summed E-state index contributed by atoms with van der Waals surface area (Å²) in [6.45, 7) is 0. The SMILES string of the molecule is Cl.Cn1cc(C[C@@H](NC(=O)[C@@H](N)CCC(=O)O)C(=O)O)c2ccccc21. The van der Waals surface area contributed by atoms with E-state index in [0.717, 1.165) is 16.5 Å². The van der Waals surface area contributed by atoms with Gasteiger partial charge in [-0.1, -0.05) is 18.2 Å². The molecule has 0 bridgehead atoms. The summed E-state index contributed by atoms with van der Waals surface area (Å²) in [5.74, 6) is -2.91. The van der Waals surface area contributed by atoms with Crippen LogP contribution in [0.4, 0.5) is 0 Å². The van der Waals surface area contributed by atoms with Crippen LogP contribution in [0.15, 0.2) is 30.5 Å². The minimum absolute atomic E-state index is 0. The summed E-state index contributed by atoms with van der Waals surface area (Å²) in [4.78, 5) is 34.1. The normalized spacial score (nSPS) is 12.8. The Kier molecular flexibility index (Phi) is 7.60. The first kappa shape index (κ1) is 21.5. The molecule has 142 valence electrons. The second kappa shape index (κ2) is 9.21. The largest absolute Gasteiger partial charge is 0.481 e. The zero-order valence-corrected chi connectivity index (χ0v) is 15.0. The van der Waals surface area contributed by atoms with Crippen LogP contribution in [0.5, 0.6) is 0 Å². The first-order valence-electron chi connectivity index (χ1n) is 7.83. The number of nitrogens with one attached hydrogen (secondary N) is 1. The van der Waals surface area contributed by atoms with Crippen molar-refractivity contribution in [2.24, 2.45) is 12.8 Å². The number of fused-ring (bicyclic) bond motifs is 1. The topological polar surface area (TPSA) is 135 Å². The Hall–Kier alpha value is -2.58. The van der Waals surface area contributed by atoms with Crippen molar-refractivity contribution in [1.29, 1.82) is 0 Å². The van der Waals surface area contributed by atoms with Crippen LogP contribution in [0.25, 0.3) is 10.9 Å². The van der Waals surface area contributed by atoms with Crippen LogP contribution in [0.1, 0.15) is 18.4 Å². The van der Waals surface area contributed by atoms with Crippen LogP contribution in [0.3, 0.4) is 0 Å². The van der Waals surface area contributed by atoms with Gasteiger partial charge < -0.3 is 25.8 Å². The summed E-state index contributed by atoms with van der Waals surface area (Å²) in [5.41, 5.74) is 7.39. The summed E-state index contributed by atoms with van der Waals surface area (Å²) in [5, 5.41) is 21.3. The molecule has 9 heteroatoms. The molecule has 8 nitrogen and oxygen atoms in total. The molecular weight excluding hydrogens is 362 g/mol. The maximum absolute atomic E-state index is 12.0. The van der Waals surface area contributed by atoms with Crippen molar-refractivity contribution >= 4 is 41.2 Å². The minimum Gasteiger partial charge on any atom is -0.481 e. The third kappa shape index (κ3) is 5.21. The number of hydrogen-bond donors (Lipinski definition) is 4. The van der Waals surface area contributed by atoms with E-state index in [1.54, 1.807) is 0 Å². The predicted octanol–water partition coefficient (Wildman–Crippen LogP) is 0.904. The number of aromatic nitrogens is 1. The fourth-order valence-electron chi connectivity index (χ4n) is 2.70. The number of aliphatic carboxylic acids is 2. The monoisotopic (exact) mass is 383 g/mol. The molecule has 0 aliphatic carbocycles. The van der Waals surface area contributed by atoms with E-state index in [-0.39, 0.29) is 31.7 Å². The molecule has 0 unspecified atom stereocenters. The number of nitrogens with zero attached hydrogens (tertiary/aromatic N) is 1. The lowest BCUT2D eigenvalue weighted by Crippen LogP contribution is -2.49. The molecule has 2 aromatic rings. The molecule has 1 aromatic carbocycles. The van der Waals surface area contributed by atoms with Gasteiger partial charge in [0.1, 0.15) is 6.04 Å². The molecule has 5 N–H and O–H groups in total. The number of para-hydroxylation sites is 1. The van der Waals surface area contributed by atoms with E-state index >= 15 is 0 Å². The highest BCUT2D eigenvalue weighted by molar-refractivity contribution is 5.89. The van der Waals surface area contributed by atoms with Gasteiger partial charge >= 0.3 is 11.9 Å². The predicted molar refractivity (Wildman–Crippen MR) is 98.3 cm³/mol. The number of carboxylic acids is 2. The van der Waals surface area contributed by atoms with Gasteiger partial charge in [-0.2, -0.15) is 0 Å². The van der Waals surface area contributed by atoms with E-state index < -0.39 is 29.9 Å². The molecule has 0 saturated carbocycles. The zero-order valence-electron chi connectivity index (χ0n) is 14.2. The number of aryl methyl sites for hydroxylation is 1. The number of benzene rings is 1. The quantitative estimate of drug-likeness (QED) is 0.535. The molecule has 0 aliphatic rings. The van der Waals surface area contributed by atoms with E-state index in [1.165, 1.54) is 0 Å². The van der Waals surface area contributed by atoms with Crippen molar-refractivity contribution in [1.82, 2.24) is 9.88 Å². The van der Waals surface area contributed by atoms with E-state index in [1.807, 2.05) is 42.1 Å². The van der Waals surface area contributed by atoms with E-state index in [2.05, 4.69) is 5.32 Å². The lowest BCUT2D eigenvalue weighted by molar-refractivity contribution is -0.142. The number of hydrogen-bond acceptors (Lipinski definition) is 4. The first-order chi connectivity index (χ1) is 11.8. The Bertz CT molecular complexity index is 805. The van der Waals surface area contributed by atoms with Crippen molar-refractivity contribution in [3.05, 3.63) is 36.0 Å². The molecule has 0 spiro atoms. The smallest absolute Gasteiger partial charge is 0.326 e.